The topological polar surface area (TPSA) is 75.3 Å². The lowest BCUT2D eigenvalue weighted by Crippen LogP contribution is -2.19. The minimum atomic E-state index is -0.484. The number of aromatic nitrogens is 1. The van der Waals surface area contributed by atoms with E-state index in [-0.39, 0.29) is 5.91 Å². The van der Waals surface area contributed by atoms with Gasteiger partial charge >= 0.3 is 0 Å². The molecule has 0 bridgehead atoms. The summed E-state index contributed by atoms with van der Waals surface area (Å²) in [4.78, 5) is 19.1. The first-order valence-electron chi connectivity index (χ1n) is 11.8. The molecule has 38 heavy (non-hydrogen) atoms. The molecular formula is C29H24N4O2S3. The van der Waals surface area contributed by atoms with Gasteiger partial charge in [0.1, 0.15) is 11.0 Å². The molecule has 5 rings (SSSR count). The predicted octanol–water partition coefficient (Wildman–Crippen LogP) is 7.59. The van der Waals surface area contributed by atoms with Crippen LogP contribution in [-0.2, 0) is 4.79 Å². The van der Waals surface area contributed by atoms with E-state index in [9.17, 15) is 4.79 Å². The van der Waals surface area contributed by atoms with Crippen molar-refractivity contribution in [2.45, 2.75) is 10.1 Å². The number of hydrogen-bond acceptors (Lipinski definition) is 6. The largest absolute Gasteiger partial charge is 0.497 e. The third kappa shape index (κ3) is 6.49. The van der Waals surface area contributed by atoms with Crippen molar-refractivity contribution in [3.8, 4) is 5.75 Å². The molecule has 1 atom stereocenters. The zero-order valence-electron chi connectivity index (χ0n) is 20.4. The van der Waals surface area contributed by atoms with Crippen molar-refractivity contribution in [3.05, 3.63) is 109 Å². The second-order valence-corrected chi connectivity index (χ2v) is 10.8. The van der Waals surface area contributed by atoms with Gasteiger partial charge in [-0.25, -0.2) is 4.98 Å². The van der Waals surface area contributed by atoms with Crippen LogP contribution in [0.3, 0.4) is 0 Å². The molecule has 4 aromatic carbocycles. The van der Waals surface area contributed by atoms with Crippen molar-refractivity contribution in [2.24, 2.45) is 0 Å². The number of carbonyl (C=O) groups excluding carboxylic acids is 1. The Balaban J connectivity index is 1.33. The second-order valence-electron chi connectivity index (χ2n) is 8.22. The van der Waals surface area contributed by atoms with Crippen molar-refractivity contribution in [1.82, 2.24) is 4.98 Å². The van der Waals surface area contributed by atoms with Crippen molar-refractivity contribution in [1.29, 1.82) is 0 Å². The number of hydrogen-bond donors (Lipinski definition) is 3. The Morgan fingerprint density at radius 3 is 2.34 bits per heavy atom. The summed E-state index contributed by atoms with van der Waals surface area (Å²) >= 11 is 8.37. The molecule has 1 unspecified atom stereocenters. The minimum Gasteiger partial charge on any atom is -0.497 e. The number of amides is 1. The third-order valence-electron chi connectivity index (χ3n) is 5.54. The Morgan fingerprint density at radius 1 is 0.868 bits per heavy atom. The summed E-state index contributed by atoms with van der Waals surface area (Å²) in [6, 6.07) is 33.0. The van der Waals surface area contributed by atoms with Crippen molar-refractivity contribution < 1.29 is 9.53 Å². The van der Waals surface area contributed by atoms with E-state index in [2.05, 4.69) is 20.9 Å². The molecule has 0 radical (unpaired) electrons. The molecule has 0 spiro atoms. The van der Waals surface area contributed by atoms with Crippen LogP contribution in [0.2, 0.25) is 0 Å². The van der Waals surface area contributed by atoms with Crippen LogP contribution >= 0.6 is 35.3 Å². The highest BCUT2D eigenvalue weighted by molar-refractivity contribution is 8.00. The monoisotopic (exact) mass is 556 g/mol. The number of thioether (sulfide) groups is 1. The Bertz CT molecular complexity index is 1560. The maximum absolute atomic E-state index is 13.5. The molecule has 190 valence electrons. The van der Waals surface area contributed by atoms with Gasteiger partial charge in [0.25, 0.3) is 0 Å². The van der Waals surface area contributed by atoms with Gasteiger partial charge in [-0.05, 0) is 66.3 Å². The summed E-state index contributed by atoms with van der Waals surface area (Å²) in [6.45, 7) is 0. The van der Waals surface area contributed by atoms with Gasteiger partial charge in [0.2, 0.25) is 5.91 Å². The van der Waals surface area contributed by atoms with Crippen LogP contribution in [-0.4, -0.2) is 23.1 Å². The molecule has 1 amide bonds. The molecule has 5 aromatic rings. The van der Waals surface area contributed by atoms with Crippen LogP contribution in [0.25, 0.3) is 10.2 Å². The predicted molar refractivity (Wildman–Crippen MR) is 163 cm³/mol. The SMILES string of the molecule is COc1ccc2nc(NC(=O)C(Sc3cccc(NC(=S)Nc4ccccc4)c3)c3ccccc3)sc2c1. The lowest BCUT2D eigenvalue weighted by molar-refractivity contribution is -0.115. The van der Waals surface area contributed by atoms with Gasteiger partial charge in [-0.15, -0.1) is 11.8 Å². The molecule has 0 aliphatic heterocycles. The Hall–Kier alpha value is -3.92. The van der Waals surface area contributed by atoms with E-state index < -0.39 is 5.25 Å². The summed E-state index contributed by atoms with van der Waals surface area (Å²) in [7, 11) is 1.63. The second kappa shape index (κ2) is 12.1. The number of nitrogens with zero attached hydrogens (tertiary/aromatic N) is 1. The van der Waals surface area contributed by atoms with E-state index in [1.165, 1.54) is 23.1 Å². The number of carbonyl (C=O) groups is 1. The standard InChI is InChI=1S/C29H24N4O2S3/c1-35-22-15-16-24-25(18-22)38-29(32-24)33-27(34)26(19-9-4-2-5-10-19)37-23-14-8-13-21(17-23)31-28(36)30-20-11-6-3-7-12-20/h2-18,26H,1H3,(H2,30,31,36)(H,32,33,34). The highest BCUT2D eigenvalue weighted by Crippen LogP contribution is 2.38. The molecule has 3 N–H and O–H groups in total. The number of nitrogens with one attached hydrogen (secondary N) is 3. The quantitative estimate of drug-likeness (QED) is 0.134. The fraction of sp³-hybridized carbons (Fsp3) is 0.0690. The van der Waals surface area contributed by atoms with Crippen molar-refractivity contribution in [3.63, 3.8) is 0 Å². The van der Waals surface area contributed by atoms with Gasteiger partial charge in [0.05, 0.1) is 17.3 Å². The van der Waals surface area contributed by atoms with Gasteiger partial charge in [-0.1, -0.05) is 65.9 Å². The van der Waals surface area contributed by atoms with Crippen LogP contribution < -0.4 is 20.7 Å². The molecule has 1 heterocycles. The number of para-hydroxylation sites is 1. The van der Waals surface area contributed by atoms with Gasteiger partial charge < -0.3 is 20.7 Å². The van der Waals surface area contributed by atoms with Crippen LogP contribution in [0.15, 0.2) is 108 Å². The maximum atomic E-state index is 13.5. The molecular weight excluding hydrogens is 533 g/mol. The Labute approximate surface area is 234 Å². The van der Waals surface area contributed by atoms with E-state index in [4.69, 9.17) is 17.0 Å². The first-order valence-corrected chi connectivity index (χ1v) is 13.9. The minimum absolute atomic E-state index is 0.146. The van der Waals surface area contributed by atoms with E-state index in [1.54, 1.807) is 7.11 Å². The van der Waals surface area contributed by atoms with E-state index >= 15 is 0 Å². The normalized spacial score (nSPS) is 11.5. The van der Waals surface area contributed by atoms with Crippen molar-refractivity contribution in [2.75, 3.05) is 23.1 Å². The molecule has 1 aromatic heterocycles. The average molecular weight is 557 g/mol. The van der Waals surface area contributed by atoms with Gasteiger partial charge in [-0.2, -0.15) is 0 Å². The molecule has 9 heteroatoms. The highest BCUT2D eigenvalue weighted by Gasteiger charge is 2.23. The van der Waals surface area contributed by atoms with Gasteiger partial charge in [0.15, 0.2) is 10.2 Å². The summed E-state index contributed by atoms with van der Waals surface area (Å²) in [5.41, 5.74) is 3.45. The smallest absolute Gasteiger partial charge is 0.244 e. The number of methoxy groups -OCH3 is 1. The molecule has 0 fully saturated rings. The molecule has 0 saturated heterocycles. The highest BCUT2D eigenvalue weighted by atomic mass is 32.2. The molecule has 0 aliphatic carbocycles. The summed E-state index contributed by atoms with van der Waals surface area (Å²) in [5.74, 6) is 0.607. The lowest BCUT2D eigenvalue weighted by atomic mass is 10.1. The summed E-state index contributed by atoms with van der Waals surface area (Å²) in [5, 5.41) is 9.98. The first kappa shape index (κ1) is 25.7. The number of ether oxygens (including phenoxy) is 1. The van der Waals surface area contributed by atoms with Gasteiger partial charge in [0, 0.05) is 16.3 Å². The Kier molecular flexibility index (Phi) is 8.18. The zero-order valence-corrected chi connectivity index (χ0v) is 22.8. The number of thiocarbonyl (C=S) groups is 1. The molecule has 0 aliphatic rings. The average Bonchev–Trinajstić information content (AvgIpc) is 3.34. The fourth-order valence-electron chi connectivity index (χ4n) is 3.76. The number of fused-ring (bicyclic) bond motifs is 1. The van der Waals surface area contributed by atoms with Crippen LogP contribution in [0, 0.1) is 0 Å². The molecule has 6 nitrogen and oxygen atoms in total. The number of thiazole rings is 1. The van der Waals surface area contributed by atoms with Gasteiger partial charge in [-0.3, -0.25) is 4.79 Å². The zero-order chi connectivity index (χ0) is 26.3. The molecule has 0 saturated carbocycles. The fourth-order valence-corrected chi connectivity index (χ4v) is 5.97. The van der Waals surface area contributed by atoms with E-state index in [0.717, 1.165) is 37.8 Å². The van der Waals surface area contributed by atoms with Crippen LogP contribution in [0.5, 0.6) is 5.75 Å². The van der Waals surface area contributed by atoms with Crippen molar-refractivity contribution >= 4 is 73.1 Å². The van der Waals surface area contributed by atoms with E-state index in [0.29, 0.717) is 10.2 Å². The van der Waals surface area contributed by atoms with Crippen LogP contribution in [0.4, 0.5) is 16.5 Å². The van der Waals surface area contributed by atoms with E-state index in [1.807, 2.05) is 103 Å². The third-order valence-corrected chi connectivity index (χ3v) is 7.93. The first-order chi connectivity index (χ1) is 18.6. The Morgan fingerprint density at radius 2 is 1.58 bits per heavy atom. The lowest BCUT2D eigenvalue weighted by Gasteiger charge is -2.17. The van der Waals surface area contributed by atoms with Crippen LogP contribution in [0.1, 0.15) is 10.8 Å². The number of anilines is 3. The maximum Gasteiger partial charge on any atom is 0.244 e. The number of benzene rings is 4. The number of rotatable bonds is 8. The summed E-state index contributed by atoms with van der Waals surface area (Å²) in [6.07, 6.45) is 0. The summed E-state index contributed by atoms with van der Waals surface area (Å²) < 4.78 is 6.26.